The van der Waals surface area contributed by atoms with Gasteiger partial charge in [0.15, 0.2) is 0 Å². The molecule has 0 radical (unpaired) electrons. The summed E-state index contributed by atoms with van der Waals surface area (Å²) in [7, 11) is -4.16. The first-order chi connectivity index (χ1) is 7.65. The Labute approximate surface area is 180 Å². The molecule has 0 unspecified atom stereocenters. The van der Waals surface area contributed by atoms with E-state index in [2.05, 4.69) is 79.6 Å². The molecule has 3 nitrogen and oxygen atoms in total. The van der Waals surface area contributed by atoms with E-state index in [1.165, 1.54) is 6.08 Å². The van der Waals surface area contributed by atoms with Gasteiger partial charge in [-0.15, -0.1) is 0 Å². The second kappa shape index (κ2) is 8.24. The molecule has 1 N–H and O–H groups in total. The number of hydrogen-bond acceptors (Lipinski definition) is 2. The van der Waals surface area contributed by atoms with Crippen molar-refractivity contribution in [1.82, 2.24) is 0 Å². The molecule has 0 bridgehead atoms. The Morgan fingerprint density at radius 3 is 1.56 bits per heavy atom. The molecule has 0 heterocycles. The van der Waals surface area contributed by atoms with Crippen LogP contribution in [-0.2, 0) is 10.1 Å². The number of hydrogen-bond donors (Lipinski definition) is 1. The van der Waals surface area contributed by atoms with Crippen molar-refractivity contribution in [2.45, 2.75) is 0 Å². The summed E-state index contributed by atoms with van der Waals surface area (Å²) in [6.07, 6.45) is 1.28. The maximum Gasteiger partial charge on any atom is 2.00 e. The van der Waals surface area contributed by atoms with Crippen molar-refractivity contribution in [1.29, 1.82) is 0 Å². The zero-order valence-corrected chi connectivity index (χ0v) is 19.4. The predicted molar refractivity (Wildman–Crippen MR) is 93.5 cm³/mol. The van der Waals surface area contributed by atoms with Crippen LogP contribution in [0.15, 0.2) is 27.8 Å². The molecular weight excluding hydrogens is 616 g/mol. The van der Waals surface area contributed by atoms with Crippen molar-refractivity contribution in [3.63, 3.8) is 0 Å². The third-order valence-electron chi connectivity index (χ3n) is 1.65. The number of rotatable bonds is 2. The van der Waals surface area contributed by atoms with E-state index in [1.54, 1.807) is 0 Å². The van der Waals surface area contributed by atoms with Gasteiger partial charge < -0.3 is 2.85 Å². The Balaban J connectivity index is -0.000000963. The van der Waals surface area contributed by atoms with Gasteiger partial charge in [0.25, 0.3) is 10.1 Å². The molecule has 18 heavy (non-hydrogen) atoms. The zero-order chi connectivity index (χ0) is 13.4. The largest absolute Gasteiger partial charge is 2.00 e. The average molecular weight is 621 g/mol. The molecule has 0 fully saturated rings. The molecule has 0 amide bonds. The molecule has 98 valence electrons. The molecule has 0 spiro atoms. The number of benzene rings is 1. The summed E-state index contributed by atoms with van der Waals surface area (Å²) in [5.74, 6) is 0. The Kier molecular flexibility index (Phi) is 9.40. The first kappa shape index (κ1) is 20.5. The van der Waals surface area contributed by atoms with E-state index in [1.807, 2.05) is 0 Å². The van der Waals surface area contributed by atoms with Crippen LogP contribution in [0.4, 0.5) is 0 Å². The molecule has 0 saturated heterocycles. The van der Waals surface area contributed by atoms with E-state index in [4.69, 9.17) is 4.55 Å². The maximum absolute atomic E-state index is 10.7. The molecule has 1 rings (SSSR count). The predicted octanol–water partition coefficient (Wildman–Crippen LogP) is 5.20. The van der Waals surface area contributed by atoms with Gasteiger partial charge in [-0.3, -0.25) is 4.55 Å². The Hall–Kier alpha value is 2.53. The summed E-state index contributed by atoms with van der Waals surface area (Å²) in [6, 6.07) is 0. The molecule has 0 aliphatic carbocycles. The van der Waals surface area contributed by atoms with Gasteiger partial charge in [-0.25, -0.2) is 0 Å². The van der Waals surface area contributed by atoms with Gasteiger partial charge in [0.05, 0.1) is 5.41 Å². The summed E-state index contributed by atoms with van der Waals surface area (Å²) < 4.78 is 33.5. The van der Waals surface area contributed by atoms with E-state index in [9.17, 15) is 8.42 Å². The SMILES string of the molecule is O=S(=O)(O)C=Cc1c(Br)c(Br)c(Br)c(Br)c1Br.[Ca+2].[H-].[H-]. The third kappa shape index (κ3) is 5.38. The Morgan fingerprint density at radius 2 is 1.22 bits per heavy atom. The minimum absolute atomic E-state index is 0. The third-order valence-corrected chi connectivity index (χ3v) is 8.29. The monoisotopic (exact) mass is 616 g/mol. The molecule has 0 aromatic heterocycles. The quantitative estimate of drug-likeness (QED) is 0.214. The molecule has 0 aliphatic heterocycles. The van der Waals surface area contributed by atoms with E-state index in [0.29, 0.717) is 19.9 Å². The van der Waals surface area contributed by atoms with Gasteiger partial charge in [-0.2, -0.15) is 8.42 Å². The van der Waals surface area contributed by atoms with Crippen molar-refractivity contribution in [2.75, 3.05) is 0 Å². The minimum Gasteiger partial charge on any atom is -1.00 e. The van der Waals surface area contributed by atoms with Crippen LogP contribution in [0.3, 0.4) is 0 Å². The summed E-state index contributed by atoms with van der Waals surface area (Å²) >= 11 is 16.7. The summed E-state index contributed by atoms with van der Waals surface area (Å²) in [6.45, 7) is 0. The minimum atomic E-state index is -4.16. The molecule has 1 aromatic carbocycles. The molecule has 0 saturated carbocycles. The van der Waals surface area contributed by atoms with Crippen LogP contribution in [0, 0.1) is 0 Å². The van der Waals surface area contributed by atoms with Gasteiger partial charge in [-0.05, 0) is 85.7 Å². The van der Waals surface area contributed by atoms with Crippen LogP contribution < -0.4 is 0 Å². The first-order valence-electron chi connectivity index (χ1n) is 3.82. The normalized spacial score (nSPS) is 11.7. The molecule has 10 heteroatoms. The Bertz CT molecular complexity index is 580. The van der Waals surface area contributed by atoms with E-state index < -0.39 is 10.1 Å². The van der Waals surface area contributed by atoms with Crippen LogP contribution in [0.5, 0.6) is 0 Å². The number of halogens is 5. The standard InChI is InChI=1S/C8H3Br5O3S.Ca.2H/c9-4-3(1-2-17(14,15)16)5(10)7(12)8(13)6(4)11;;;/h1-2H,(H,14,15,16);;;/q;+2;2*-1. The van der Waals surface area contributed by atoms with Gasteiger partial charge >= 0.3 is 37.7 Å². The fourth-order valence-corrected chi connectivity index (χ4v) is 4.57. The van der Waals surface area contributed by atoms with Crippen molar-refractivity contribution in [2.24, 2.45) is 0 Å². The zero-order valence-electron chi connectivity index (χ0n) is 10.4. The van der Waals surface area contributed by atoms with Crippen LogP contribution in [0.25, 0.3) is 6.08 Å². The second-order valence-corrected chi connectivity index (χ2v) is 8.07. The molecule has 1 aromatic rings. The van der Waals surface area contributed by atoms with Crippen molar-refractivity contribution in [3.8, 4) is 0 Å². The second-order valence-electron chi connectivity index (χ2n) is 2.80. The molecule has 0 atom stereocenters. The van der Waals surface area contributed by atoms with E-state index >= 15 is 0 Å². The first-order valence-corrected chi connectivity index (χ1v) is 9.29. The summed E-state index contributed by atoms with van der Waals surface area (Å²) in [4.78, 5) is 0. The van der Waals surface area contributed by atoms with Crippen LogP contribution in [0.2, 0.25) is 0 Å². The van der Waals surface area contributed by atoms with Crippen molar-refractivity contribution in [3.05, 3.63) is 33.3 Å². The van der Waals surface area contributed by atoms with Gasteiger partial charge in [0.1, 0.15) is 0 Å². The average Bonchev–Trinajstić information content (AvgIpc) is 2.22. The van der Waals surface area contributed by atoms with Gasteiger partial charge in [-0.1, -0.05) is 0 Å². The fourth-order valence-electron chi connectivity index (χ4n) is 0.922. The smallest absolute Gasteiger partial charge is 1.00 e. The molecule has 0 aliphatic rings. The van der Waals surface area contributed by atoms with Crippen molar-refractivity contribution >= 4 is 134 Å². The van der Waals surface area contributed by atoms with Crippen LogP contribution in [-0.4, -0.2) is 50.7 Å². The van der Waals surface area contributed by atoms with Gasteiger partial charge in [0, 0.05) is 27.9 Å². The maximum atomic E-state index is 10.7. The van der Waals surface area contributed by atoms with Gasteiger partial charge in [0.2, 0.25) is 0 Å². The molecular formula is C8H5Br5CaO3S. The van der Waals surface area contributed by atoms with E-state index in [-0.39, 0.29) is 40.6 Å². The Morgan fingerprint density at radius 1 is 0.889 bits per heavy atom. The summed E-state index contributed by atoms with van der Waals surface area (Å²) in [5, 5.41) is 0.713. The van der Waals surface area contributed by atoms with Crippen LogP contribution >= 0.6 is 79.6 Å². The van der Waals surface area contributed by atoms with Crippen molar-refractivity contribution < 1.29 is 15.8 Å². The topological polar surface area (TPSA) is 54.4 Å². The van der Waals surface area contributed by atoms with Crippen LogP contribution in [0.1, 0.15) is 8.42 Å². The fraction of sp³-hybridized carbons (Fsp3) is 0. The summed E-state index contributed by atoms with van der Waals surface area (Å²) in [5.41, 5.74) is 0.574. The van der Waals surface area contributed by atoms with E-state index in [0.717, 1.165) is 13.4 Å².